The van der Waals surface area contributed by atoms with Crippen molar-refractivity contribution in [3.63, 3.8) is 0 Å². The number of ether oxygens (including phenoxy) is 2. The van der Waals surface area contributed by atoms with Gasteiger partial charge in [-0.2, -0.15) is 0 Å². The highest BCUT2D eigenvalue weighted by atomic mass is 79.9. The second-order valence-corrected chi connectivity index (χ2v) is 5.58. The lowest BCUT2D eigenvalue weighted by Gasteiger charge is -2.24. The van der Waals surface area contributed by atoms with Gasteiger partial charge in [-0.3, -0.25) is 4.79 Å². The zero-order chi connectivity index (χ0) is 15.3. The number of hydrogen-bond acceptors (Lipinski definition) is 5. The Labute approximate surface area is 131 Å². The third kappa shape index (κ3) is 4.12. The van der Waals surface area contributed by atoms with Crippen molar-refractivity contribution in [1.29, 1.82) is 0 Å². The Morgan fingerprint density at radius 2 is 2.10 bits per heavy atom. The first-order valence-corrected chi connectivity index (χ1v) is 7.26. The molecule has 0 aliphatic carbocycles. The lowest BCUT2D eigenvalue weighted by atomic mass is 10.1. The molecule has 2 rings (SSSR count). The van der Waals surface area contributed by atoms with Gasteiger partial charge in [0.2, 0.25) is 0 Å². The molecule has 7 heteroatoms. The first-order chi connectivity index (χ1) is 10.0. The van der Waals surface area contributed by atoms with Crippen molar-refractivity contribution in [3.8, 4) is 0 Å². The molecule has 0 fully saturated rings. The molecule has 1 amide bonds. The van der Waals surface area contributed by atoms with E-state index in [1.54, 1.807) is 25.1 Å². The summed E-state index contributed by atoms with van der Waals surface area (Å²) < 4.78 is 11.5. The van der Waals surface area contributed by atoms with E-state index >= 15 is 0 Å². The molecule has 0 atom stereocenters. The van der Waals surface area contributed by atoms with Crippen LogP contribution in [-0.4, -0.2) is 36.5 Å². The number of carbonyl (C=O) groups excluding carboxylic acids is 1. The van der Waals surface area contributed by atoms with Crippen molar-refractivity contribution < 1.29 is 19.4 Å². The fraction of sp³-hybridized carbons (Fsp3) is 0.357. The summed E-state index contributed by atoms with van der Waals surface area (Å²) >= 11 is 3.38. The molecule has 1 heterocycles. The van der Waals surface area contributed by atoms with Gasteiger partial charge in [0, 0.05) is 23.6 Å². The molecule has 1 aromatic rings. The molecule has 1 aliphatic rings. The molecule has 0 bridgehead atoms. The Morgan fingerprint density at radius 3 is 2.76 bits per heavy atom. The van der Waals surface area contributed by atoms with E-state index in [-0.39, 0.29) is 19.1 Å². The number of amides is 1. The molecule has 6 nitrogen and oxygen atoms in total. The minimum absolute atomic E-state index is 0.101. The van der Waals surface area contributed by atoms with Gasteiger partial charge >= 0.3 is 0 Å². The molecule has 1 aliphatic heterocycles. The average molecular weight is 357 g/mol. The smallest absolute Gasteiger partial charge is 0.264 e. The summed E-state index contributed by atoms with van der Waals surface area (Å²) in [5, 5.41) is 14.6. The van der Waals surface area contributed by atoms with Gasteiger partial charge in [-0.05, 0) is 18.2 Å². The standard InChI is InChI=1S/C14H17BrN2O4/c1-14(20-6-7-21-14)9-17-12-8-10(15)2-3-11(12)13(19)16-4-5-18/h2-3,6-8,17-18H,4-5,9H2,1H3,(H,16,19). The van der Waals surface area contributed by atoms with Crippen LogP contribution in [0.1, 0.15) is 17.3 Å². The summed E-state index contributed by atoms with van der Waals surface area (Å²) in [6.07, 6.45) is 2.97. The predicted octanol–water partition coefficient (Wildman–Crippen LogP) is 1.82. The van der Waals surface area contributed by atoms with Gasteiger partial charge in [-0.15, -0.1) is 0 Å². The van der Waals surface area contributed by atoms with Crippen molar-refractivity contribution >= 4 is 27.5 Å². The van der Waals surface area contributed by atoms with Crippen molar-refractivity contribution in [2.45, 2.75) is 12.7 Å². The summed E-state index contributed by atoms with van der Waals surface area (Å²) in [4.78, 5) is 12.1. The Morgan fingerprint density at radius 1 is 1.38 bits per heavy atom. The van der Waals surface area contributed by atoms with Gasteiger partial charge in [0.15, 0.2) is 0 Å². The van der Waals surface area contributed by atoms with Gasteiger partial charge in [-0.25, -0.2) is 0 Å². The molecule has 114 valence electrons. The number of carbonyl (C=O) groups is 1. The molecule has 0 aromatic heterocycles. The zero-order valence-corrected chi connectivity index (χ0v) is 13.1. The Balaban J connectivity index is 2.09. The van der Waals surface area contributed by atoms with Crippen LogP contribution in [0.3, 0.4) is 0 Å². The second kappa shape index (κ2) is 6.82. The normalized spacial score (nSPS) is 15.2. The van der Waals surface area contributed by atoms with E-state index in [9.17, 15) is 4.79 Å². The van der Waals surface area contributed by atoms with Gasteiger partial charge in [0.05, 0.1) is 18.7 Å². The molecule has 0 radical (unpaired) electrons. The minimum atomic E-state index is -0.791. The SMILES string of the molecule is CC1(CNc2cc(Br)ccc2C(=O)NCCO)OC=CO1. The molecular weight excluding hydrogens is 340 g/mol. The van der Waals surface area contributed by atoms with E-state index in [1.165, 1.54) is 12.5 Å². The van der Waals surface area contributed by atoms with Crippen LogP contribution in [0.15, 0.2) is 35.2 Å². The van der Waals surface area contributed by atoms with Crippen molar-refractivity contribution in [2.75, 3.05) is 25.0 Å². The van der Waals surface area contributed by atoms with Crippen molar-refractivity contribution in [1.82, 2.24) is 5.32 Å². The number of rotatable bonds is 6. The number of halogens is 1. The van der Waals surface area contributed by atoms with E-state index in [4.69, 9.17) is 14.6 Å². The van der Waals surface area contributed by atoms with Crippen LogP contribution in [0, 0.1) is 0 Å². The number of hydrogen-bond donors (Lipinski definition) is 3. The molecule has 0 saturated carbocycles. The van der Waals surface area contributed by atoms with E-state index in [1.807, 2.05) is 0 Å². The van der Waals surface area contributed by atoms with Crippen LogP contribution in [0.25, 0.3) is 0 Å². The highest BCUT2D eigenvalue weighted by Gasteiger charge is 2.29. The van der Waals surface area contributed by atoms with Crippen molar-refractivity contribution in [2.24, 2.45) is 0 Å². The first kappa shape index (κ1) is 15.7. The van der Waals surface area contributed by atoms with Crippen LogP contribution >= 0.6 is 15.9 Å². The Hall–Kier alpha value is -1.73. The average Bonchev–Trinajstić information content (AvgIpc) is 2.90. The second-order valence-electron chi connectivity index (χ2n) is 4.66. The zero-order valence-electron chi connectivity index (χ0n) is 11.6. The molecule has 21 heavy (non-hydrogen) atoms. The largest absolute Gasteiger partial charge is 0.455 e. The third-order valence-electron chi connectivity index (χ3n) is 2.91. The van der Waals surface area contributed by atoms with E-state index < -0.39 is 5.79 Å². The number of benzene rings is 1. The molecular formula is C14H17BrN2O4. The Bertz CT molecular complexity index is 540. The maximum absolute atomic E-state index is 12.1. The van der Waals surface area contributed by atoms with Crippen LogP contribution in [0.4, 0.5) is 5.69 Å². The number of aliphatic hydroxyl groups is 1. The fourth-order valence-corrected chi connectivity index (χ4v) is 2.20. The topological polar surface area (TPSA) is 79.8 Å². The third-order valence-corrected chi connectivity index (χ3v) is 3.41. The van der Waals surface area contributed by atoms with E-state index in [2.05, 4.69) is 26.6 Å². The van der Waals surface area contributed by atoms with E-state index in [0.717, 1.165) is 4.47 Å². The van der Waals surface area contributed by atoms with Crippen LogP contribution in [0.2, 0.25) is 0 Å². The summed E-state index contributed by atoms with van der Waals surface area (Å²) in [5.74, 6) is -1.04. The highest BCUT2D eigenvalue weighted by molar-refractivity contribution is 9.10. The number of anilines is 1. The van der Waals surface area contributed by atoms with Gasteiger partial charge in [0.1, 0.15) is 12.5 Å². The summed E-state index contributed by atoms with van der Waals surface area (Å²) in [6.45, 7) is 2.28. The van der Waals surface area contributed by atoms with E-state index in [0.29, 0.717) is 17.8 Å². The Kier molecular flexibility index (Phi) is 5.08. The maximum Gasteiger partial charge on any atom is 0.264 e. The van der Waals surface area contributed by atoms with Crippen LogP contribution < -0.4 is 10.6 Å². The quantitative estimate of drug-likeness (QED) is 0.724. The number of nitrogens with one attached hydrogen (secondary N) is 2. The fourth-order valence-electron chi connectivity index (χ4n) is 1.84. The lowest BCUT2D eigenvalue weighted by molar-refractivity contribution is -0.113. The van der Waals surface area contributed by atoms with Crippen molar-refractivity contribution in [3.05, 3.63) is 40.8 Å². The van der Waals surface area contributed by atoms with Gasteiger partial charge in [-0.1, -0.05) is 15.9 Å². The molecule has 0 spiro atoms. The maximum atomic E-state index is 12.1. The molecule has 1 aromatic carbocycles. The van der Waals surface area contributed by atoms with Gasteiger partial charge in [0.25, 0.3) is 11.7 Å². The van der Waals surface area contributed by atoms with Crippen LogP contribution in [-0.2, 0) is 9.47 Å². The van der Waals surface area contributed by atoms with Gasteiger partial charge < -0.3 is 25.2 Å². The lowest BCUT2D eigenvalue weighted by Crippen LogP contribution is -2.35. The monoisotopic (exact) mass is 356 g/mol. The number of aliphatic hydroxyl groups excluding tert-OH is 1. The summed E-state index contributed by atoms with van der Waals surface area (Å²) in [5.41, 5.74) is 1.14. The predicted molar refractivity (Wildman–Crippen MR) is 81.8 cm³/mol. The molecule has 3 N–H and O–H groups in total. The summed E-state index contributed by atoms with van der Waals surface area (Å²) in [7, 11) is 0. The minimum Gasteiger partial charge on any atom is -0.455 e. The highest BCUT2D eigenvalue weighted by Crippen LogP contribution is 2.25. The first-order valence-electron chi connectivity index (χ1n) is 6.47. The summed E-state index contributed by atoms with van der Waals surface area (Å²) in [6, 6.07) is 5.29. The van der Waals surface area contributed by atoms with Crippen LogP contribution in [0.5, 0.6) is 0 Å². The molecule has 0 saturated heterocycles. The molecule has 0 unspecified atom stereocenters.